The molecule has 0 aliphatic carbocycles. The summed E-state index contributed by atoms with van der Waals surface area (Å²) in [6, 6.07) is 16.6. The highest BCUT2D eigenvalue weighted by Crippen LogP contribution is 2.21. The van der Waals surface area contributed by atoms with Gasteiger partial charge in [-0.15, -0.1) is 0 Å². The van der Waals surface area contributed by atoms with Crippen molar-refractivity contribution in [3.63, 3.8) is 0 Å². The van der Waals surface area contributed by atoms with Gasteiger partial charge in [-0.25, -0.2) is 15.0 Å². The summed E-state index contributed by atoms with van der Waals surface area (Å²) < 4.78 is 6.96. The Kier molecular flexibility index (Phi) is 3.70. The third kappa shape index (κ3) is 2.63. The molecule has 0 saturated heterocycles. The first kappa shape index (κ1) is 15.0. The van der Waals surface area contributed by atoms with Gasteiger partial charge >= 0.3 is 0 Å². The van der Waals surface area contributed by atoms with Crippen molar-refractivity contribution in [2.45, 2.75) is 0 Å². The van der Waals surface area contributed by atoms with E-state index in [1.165, 1.54) is 6.33 Å². The fraction of sp³-hybridized carbons (Fsp3) is 0.0526. The van der Waals surface area contributed by atoms with E-state index >= 15 is 0 Å². The van der Waals surface area contributed by atoms with Crippen molar-refractivity contribution in [2.75, 3.05) is 7.11 Å². The Balaban J connectivity index is 1.80. The van der Waals surface area contributed by atoms with Crippen molar-refractivity contribution < 1.29 is 9.53 Å². The molecule has 122 valence electrons. The molecular formula is C19H14N4O2. The fourth-order valence-electron chi connectivity index (χ4n) is 2.66. The molecule has 0 radical (unpaired) electrons. The van der Waals surface area contributed by atoms with Crippen molar-refractivity contribution in [1.29, 1.82) is 0 Å². The number of fused-ring (bicyclic) bond motifs is 1. The highest BCUT2D eigenvalue weighted by atomic mass is 16.5. The fourth-order valence-corrected chi connectivity index (χ4v) is 2.66. The quantitative estimate of drug-likeness (QED) is 0.538. The van der Waals surface area contributed by atoms with E-state index in [1.54, 1.807) is 37.7 Å². The molecule has 0 aliphatic rings. The SMILES string of the molecule is COc1ccc(C(=O)c2ncnc3c2ncn3-c2ccccc2)cc1. The van der Waals surface area contributed by atoms with Crippen LogP contribution in [0.15, 0.2) is 67.3 Å². The molecule has 0 N–H and O–H groups in total. The van der Waals surface area contributed by atoms with Crippen LogP contribution in [0.2, 0.25) is 0 Å². The van der Waals surface area contributed by atoms with E-state index in [4.69, 9.17) is 4.74 Å². The Hall–Kier alpha value is -3.54. The lowest BCUT2D eigenvalue weighted by Crippen LogP contribution is -2.06. The predicted octanol–water partition coefficient (Wildman–Crippen LogP) is 3.06. The number of rotatable bonds is 4. The van der Waals surface area contributed by atoms with E-state index in [2.05, 4.69) is 15.0 Å². The molecule has 0 fully saturated rings. The molecule has 6 nitrogen and oxygen atoms in total. The molecule has 4 aromatic rings. The minimum absolute atomic E-state index is 0.201. The first-order chi connectivity index (χ1) is 12.3. The van der Waals surface area contributed by atoms with E-state index in [0.717, 1.165) is 5.69 Å². The summed E-state index contributed by atoms with van der Waals surface area (Å²) in [5.74, 6) is 0.492. The first-order valence-electron chi connectivity index (χ1n) is 7.70. The summed E-state index contributed by atoms with van der Waals surface area (Å²) in [6.45, 7) is 0. The lowest BCUT2D eigenvalue weighted by atomic mass is 10.1. The average Bonchev–Trinajstić information content (AvgIpc) is 3.12. The molecule has 4 rings (SSSR count). The van der Waals surface area contributed by atoms with Gasteiger partial charge in [0, 0.05) is 11.3 Å². The van der Waals surface area contributed by atoms with Crippen LogP contribution in [0.3, 0.4) is 0 Å². The van der Waals surface area contributed by atoms with Gasteiger partial charge in [0.25, 0.3) is 0 Å². The summed E-state index contributed by atoms with van der Waals surface area (Å²) in [5, 5.41) is 0. The third-order valence-corrected chi connectivity index (χ3v) is 3.94. The number of hydrogen-bond acceptors (Lipinski definition) is 5. The van der Waals surface area contributed by atoms with Crippen molar-refractivity contribution in [1.82, 2.24) is 19.5 Å². The van der Waals surface area contributed by atoms with Gasteiger partial charge in [-0.3, -0.25) is 9.36 Å². The maximum absolute atomic E-state index is 12.8. The number of methoxy groups -OCH3 is 1. The van der Waals surface area contributed by atoms with Crippen molar-refractivity contribution in [3.8, 4) is 11.4 Å². The molecule has 2 aromatic carbocycles. The van der Waals surface area contributed by atoms with Gasteiger partial charge in [-0.05, 0) is 36.4 Å². The van der Waals surface area contributed by atoms with E-state index < -0.39 is 0 Å². The van der Waals surface area contributed by atoms with Crippen LogP contribution in [0, 0.1) is 0 Å². The molecule has 2 heterocycles. The second-order valence-electron chi connectivity index (χ2n) is 5.40. The number of carbonyl (C=O) groups is 1. The van der Waals surface area contributed by atoms with E-state index in [-0.39, 0.29) is 11.5 Å². The normalized spacial score (nSPS) is 10.8. The van der Waals surface area contributed by atoms with E-state index in [0.29, 0.717) is 22.5 Å². The van der Waals surface area contributed by atoms with Crippen LogP contribution in [0.5, 0.6) is 5.75 Å². The van der Waals surface area contributed by atoms with Gasteiger partial charge in [0.1, 0.15) is 29.6 Å². The molecule has 0 atom stereocenters. The van der Waals surface area contributed by atoms with E-state index in [1.807, 2.05) is 34.9 Å². The molecule has 0 saturated carbocycles. The lowest BCUT2D eigenvalue weighted by molar-refractivity contribution is 0.103. The number of ether oxygens (including phenoxy) is 1. The Morgan fingerprint density at radius 3 is 2.44 bits per heavy atom. The number of imidazole rings is 1. The monoisotopic (exact) mass is 330 g/mol. The zero-order valence-electron chi connectivity index (χ0n) is 13.5. The van der Waals surface area contributed by atoms with Crippen LogP contribution in [0.25, 0.3) is 16.9 Å². The number of nitrogens with zero attached hydrogens (tertiary/aromatic N) is 4. The van der Waals surface area contributed by atoms with Gasteiger partial charge in [0.2, 0.25) is 5.78 Å². The Labute approximate surface area is 143 Å². The smallest absolute Gasteiger partial charge is 0.213 e. The van der Waals surface area contributed by atoms with Crippen LogP contribution < -0.4 is 4.74 Å². The van der Waals surface area contributed by atoms with Gasteiger partial charge < -0.3 is 4.74 Å². The number of para-hydroxylation sites is 1. The number of ketones is 1. The molecule has 25 heavy (non-hydrogen) atoms. The van der Waals surface area contributed by atoms with Crippen LogP contribution in [0.1, 0.15) is 16.1 Å². The third-order valence-electron chi connectivity index (χ3n) is 3.94. The summed E-state index contributed by atoms with van der Waals surface area (Å²) in [7, 11) is 1.58. The van der Waals surface area contributed by atoms with Crippen molar-refractivity contribution in [2.24, 2.45) is 0 Å². The number of hydrogen-bond donors (Lipinski definition) is 0. The minimum Gasteiger partial charge on any atom is -0.497 e. The van der Waals surface area contributed by atoms with E-state index in [9.17, 15) is 4.79 Å². The second-order valence-corrected chi connectivity index (χ2v) is 5.40. The largest absolute Gasteiger partial charge is 0.497 e. The maximum Gasteiger partial charge on any atom is 0.213 e. The Morgan fingerprint density at radius 2 is 1.72 bits per heavy atom. The predicted molar refractivity (Wildman–Crippen MR) is 93.1 cm³/mol. The zero-order chi connectivity index (χ0) is 17.2. The van der Waals surface area contributed by atoms with Crippen LogP contribution >= 0.6 is 0 Å². The first-order valence-corrected chi connectivity index (χ1v) is 7.70. The van der Waals surface area contributed by atoms with Crippen molar-refractivity contribution >= 4 is 16.9 Å². The summed E-state index contributed by atoms with van der Waals surface area (Å²) in [5.41, 5.74) is 2.80. The number of benzene rings is 2. The molecule has 0 bridgehead atoms. The Morgan fingerprint density at radius 1 is 0.960 bits per heavy atom. The maximum atomic E-state index is 12.8. The minimum atomic E-state index is -0.201. The number of aromatic nitrogens is 4. The molecule has 0 amide bonds. The molecular weight excluding hydrogens is 316 g/mol. The van der Waals surface area contributed by atoms with Crippen LogP contribution in [-0.2, 0) is 0 Å². The standard InChI is InChI=1S/C19H14N4O2/c1-25-15-9-7-13(8-10-15)18(24)16-17-19(21-11-20-16)23(12-22-17)14-5-3-2-4-6-14/h2-12H,1H3. The van der Waals surface area contributed by atoms with Crippen molar-refractivity contribution in [3.05, 3.63) is 78.5 Å². The summed E-state index contributed by atoms with van der Waals surface area (Å²) >= 11 is 0. The summed E-state index contributed by atoms with van der Waals surface area (Å²) in [6.07, 6.45) is 3.04. The second kappa shape index (κ2) is 6.16. The summed E-state index contributed by atoms with van der Waals surface area (Å²) in [4.78, 5) is 25.7. The Bertz CT molecular complexity index is 1040. The topological polar surface area (TPSA) is 69.9 Å². The highest BCUT2D eigenvalue weighted by molar-refractivity contribution is 6.13. The van der Waals surface area contributed by atoms with Gasteiger partial charge in [0.15, 0.2) is 5.65 Å². The molecule has 2 aromatic heterocycles. The molecule has 0 unspecified atom stereocenters. The van der Waals surface area contributed by atoms with Gasteiger partial charge in [-0.2, -0.15) is 0 Å². The molecule has 6 heteroatoms. The highest BCUT2D eigenvalue weighted by Gasteiger charge is 2.18. The average molecular weight is 330 g/mol. The van der Waals surface area contributed by atoms with Crippen LogP contribution in [0.4, 0.5) is 0 Å². The van der Waals surface area contributed by atoms with Gasteiger partial charge in [0.05, 0.1) is 7.11 Å². The number of carbonyl (C=O) groups excluding carboxylic acids is 1. The van der Waals surface area contributed by atoms with Crippen LogP contribution in [-0.4, -0.2) is 32.4 Å². The molecule has 0 spiro atoms. The zero-order valence-corrected chi connectivity index (χ0v) is 13.5. The molecule has 0 aliphatic heterocycles. The van der Waals surface area contributed by atoms with Gasteiger partial charge in [-0.1, -0.05) is 18.2 Å². The lowest BCUT2D eigenvalue weighted by Gasteiger charge is -2.05.